The standard InChI is InChI=1S/C23H18Cl2N2O2/c1-15-3-2-4-17(13-15)23(29)27-20-10-8-19(9-11-20)26-22(28)12-6-16-5-7-18(24)14-21(16)25/h2-14H,1H3,(H,26,28)(H,27,29)/b12-6+. The molecule has 2 amide bonds. The van der Waals surface area contributed by atoms with Gasteiger partial charge in [-0.15, -0.1) is 0 Å². The molecule has 146 valence electrons. The first kappa shape index (κ1) is 20.6. The minimum absolute atomic E-state index is 0.187. The first-order valence-electron chi connectivity index (χ1n) is 8.83. The van der Waals surface area contributed by atoms with Gasteiger partial charge in [-0.2, -0.15) is 0 Å². The minimum atomic E-state index is -0.299. The van der Waals surface area contributed by atoms with Crippen molar-refractivity contribution in [2.75, 3.05) is 10.6 Å². The van der Waals surface area contributed by atoms with Crippen LogP contribution in [0.15, 0.2) is 72.8 Å². The molecule has 0 unspecified atom stereocenters. The highest BCUT2D eigenvalue weighted by Gasteiger charge is 2.06. The number of hydrogen-bond donors (Lipinski definition) is 2. The lowest BCUT2D eigenvalue weighted by molar-refractivity contribution is -0.111. The average molecular weight is 425 g/mol. The van der Waals surface area contributed by atoms with Crippen molar-refractivity contribution in [1.82, 2.24) is 0 Å². The largest absolute Gasteiger partial charge is 0.323 e. The molecule has 3 aromatic carbocycles. The van der Waals surface area contributed by atoms with Gasteiger partial charge in [0.15, 0.2) is 0 Å². The van der Waals surface area contributed by atoms with Gasteiger partial charge in [-0.3, -0.25) is 9.59 Å². The van der Waals surface area contributed by atoms with Crippen LogP contribution in [0.1, 0.15) is 21.5 Å². The Hall–Kier alpha value is -3.08. The predicted molar refractivity (Wildman–Crippen MR) is 120 cm³/mol. The smallest absolute Gasteiger partial charge is 0.255 e. The molecule has 0 bridgehead atoms. The van der Waals surface area contributed by atoms with E-state index >= 15 is 0 Å². The van der Waals surface area contributed by atoms with Crippen LogP contribution >= 0.6 is 23.2 Å². The molecular formula is C23H18Cl2N2O2. The fraction of sp³-hybridized carbons (Fsp3) is 0.0435. The summed E-state index contributed by atoms with van der Waals surface area (Å²) >= 11 is 11.9. The van der Waals surface area contributed by atoms with Crippen molar-refractivity contribution < 1.29 is 9.59 Å². The topological polar surface area (TPSA) is 58.2 Å². The lowest BCUT2D eigenvalue weighted by Gasteiger charge is -2.07. The molecule has 0 aromatic heterocycles. The number of rotatable bonds is 5. The number of halogens is 2. The van der Waals surface area contributed by atoms with Gasteiger partial charge in [-0.05, 0) is 67.1 Å². The third-order valence-electron chi connectivity index (χ3n) is 4.07. The van der Waals surface area contributed by atoms with E-state index in [4.69, 9.17) is 23.2 Å². The molecule has 4 nitrogen and oxygen atoms in total. The second-order valence-electron chi connectivity index (χ2n) is 6.39. The molecule has 0 radical (unpaired) electrons. The maximum absolute atomic E-state index is 12.3. The second-order valence-corrected chi connectivity index (χ2v) is 7.23. The highest BCUT2D eigenvalue weighted by atomic mass is 35.5. The molecule has 0 heterocycles. The Morgan fingerprint density at radius 3 is 2.21 bits per heavy atom. The Labute approximate surface area is 179 Å². The molecule has 0 aliphatic rings. The van der Waals surface area contributed by atoms with Crippen LogP contribution in [0.5, 0.6) is 0 Å². The summed E-state index contributed by atoms with van der Waals surface area (Å²) in [5.74, 6) is -0.485. The van der Waals surface area contributed by atoms with E-state index in [1.807, 2.05) is 25.1 Å². The molecule has 0 aliphatic heterocycles. The molecule has 3 rings (SSSR count). The lowest BCUT2D eigenvalue weighted by Crippen LogP contribution is -2.12. The molecule has 0 saturated heterocycles. The molecule has 0 atom stereocenters. The fourth-order valence-corrected chi connectivity index (χ4v) is 3.08. The van der Waals surface area contributed by atoms with Gasteiger partial charge in [0.25, 0.3) is 5.91 Å². The van der Waals surface area contributed by atoms with Crippen LogP contribution in [-0.2, 0) is 4.79 Å². The van der Waals surface area contributed by atoms with Crippen LogP contribution in [-0.4, -0.2) is 11.8 Å². The normalized spacial score (nSPS) is 10.7. The van der Waals surface area contributed by atoms with Crippen molar-refractivity contribution >= 4 is 52.5 Å². The lowest BCUT2D eigenvalue weighted by atomic mass is 10.1. The zero-order valence-corrected chi connectivity index (χ0v) is 17.1. The Morgan fingerprint density at radius 1 is 0.862 bits per heavy atom. The summed E-state index contributed by atoms with van der Waals surface area (Å²) in [6.45, 7) is 1.93. The molecule has 0 fully saturated rings. The van der Waals surface area contributed by atoms with Crippen LogP contribution < -0.4 is 10.6 Å². The number of benzene rings is 3. The molecule has 0 aliphatic carbocycles. The second kappa shape index (κ2) is 9.41. The summed E-state index contributed by atoms with van der Waals surface area (Å²) in [4.78, 5) is 24.4. The van der Waals surface area contributed by atoms with Gasteiger partial charge in [0.2, 0.25) is 5.91 Å². The van der Waals surface area contributed by atoms with Crippen molar-refractivity contribution in [1.29, 1.82) is 0 Å². The van der Waals surface area contributed by atoms with E-state index in [9.17, 15) is 9.59 Å². The van der Waals surface area contributed by atoms with E-state index in [1.54, 1.807) is 54.6 Å². The summed E-state index contributed by atoms with van der Waals surface area (Å²) in [7, 11) is 0. The zero-order valence-electron chi connectivity index (χ0n) is 15.6. The fourth-order valence-electron chi connectivity index (χ4n) is 2.61. The zero-order chi connectivity index (χ0) is 20.8. The summed E-state index contributed by atoms with van der Waals surface area (Å²) in [5.41, 5.74) is 3.55. The van der Waals surface area contributed by atoms with Gasteiger partial charge < -0.3 is 10.6 Å². The Balaban J connectivity index is 1.59. The summed E-state index contributed by atoms with van der Waals surface area (Å²) in [6.07, 6.45) is 3.01. The maximum atomic E-state index is 12.3. The van der Waals surface area contributed by atoms with E-state index < -0.39 is 0 Å². The third kappa shape index (κ3) is 5.95. The molecule has 0 spiro atoms. The molecule has 0 saturated carbocycles. The number of anilines is 2. The van der Waals surface area contributed by atoms with Crippen molar-refractivity contribution in [3.63, 3.8) is 0 Å². The number of nitrogens with one attached hydrogen (secondary N) is 2. The van der Waals surface area contributed by atoms with Crippen LogP contribution in [0.3, 0.4) is 0 Å². The number of hydrogen-bond acceptors (Lipinski definition) is 2. The number of amides is 2. The predicted octanol–water partition coefficient (Wildman–Crippen LogP) is 6.21. The maximum Gasteiger partial charge on any atom is 0.255 e. The van der Waals surface area contributed by atoms with Gasteiger partial charge in [-0.1, -0.05) is 47.0 Å². The van der Waals surface area contributed by atoms with Gasteiger partial charge in [0, 0.05) is 33.1 Å². The third-order valence-corrected chi connectivity index (χ3v) is 4.63. The van der Waals surface area contributed by atoms with Crippen LogP contribution in [0.4, 0.5) is 11.4 Å². The number of carbonyl (C=O) groups is 2. The van der Waals surface area contributed by atoms with Gasteiger partial charge >= 0.3 is 0 Å². The average Bonchev–Trinajstić information content (AvgIpc) is 2.69. The van der Waals surface area contributed by atoms with Gasteiger partial charge in [0.05, 0.1) is 0 Å². The number of carbonyl (C=O) groups excluding carboxylic acids is 2. The van der Waals surface area contributed by atoms with Crippen LogP contribution in [0.2, 0.25) is 10.0 Å². The molecular weight excluding hydrogens is 407 g/mol. The van der Waals surface area contributed by atoms with Gasteiger partial charge in [0.1, 0.15) is 0 Å². The Kier molecular flexibility index (Phi) is 6.70. The van der Waals surface area contributed by atoms with Crippen LogP contribution in [0, 0.1) is 6.92 Å². The molecule has 3 aromatic rings. The van der Waals surface area contributed by atoms with Crippen molar-refractivity contribution in [2.24, 2.45) is 0 Å². The SMILES string of the molecule is Cc1cccc(C(=O)Nc2ccc(NC(=O)/C=C/c3ccc(Cl)cc3Cl)cc2)c1. The summed E-state index contributed by atoms with van der Waals surface area (Å²) < 4.78 is 0. The minimum Gasteiger partial charge on any atom is -0.323 e. The summed E-state index contributed by atoms with van der Waals surface area (Å²) in [5, 5.41) is 6.59. The van der Waals surface area contributed by atoms with Crippen LogP contribution in [0.25, 0.3) is 6.08 Å². The molecule has 6 heteroatoms. The van der Waals surface area contributed by atoms with E-state index in [1.165, 1.54) is 6.08 Å². The van der Waals surface area contributed by atoms with Gasteiger partial charge in [-0.25, -0.2) is 0 Å². The van der Waals surface area contributed by atoms with Crippen molar-refractivity contribution in [3.05, 3.63) is 99.5 Å². The highest BCUT2D eigenvalue weighted by Crippen LogP contribution is 2.22. The Morgan fingerprint density at radius 2 is 1.55 bits per heavy atom. The van der Waals surface area contributed by atoms with E-state index in [0.717, 1.165) is 5.56 Å². The highest BCUT2D eigenvalue weighted by molar-refractivity contribution is 6.35. The Bertz CT molecular complexity index is 1080. The molecule has 2 N–H and O–H groups in total. The first-order valence-corrected chi connectivity index (χ1v) is 9.58. The van der Waals surface area contributed by atoms with E-state index in [2.05, 4.69) is 10.6 Å². The summed E-state index contributed by atoms with van der Waals surface area (Å²) in [6, 6.07) is 19.3. The van der Waals surface area contributed by atoms with Crippen molar-refractivity contribution in [3.8, 4) is 0 Å². The van der Waals surface area contributed by atoms with Crippen molar-refractivity contribution in [2.45, 2.75) is 6.92 Å². The monoisotopic (exact) mass is 424 g/mol. The van der Waals surface area contributed by atoms with E-state index in [0.29, 0.717) is 32.5 Å². The quantitative estimate of drug-likeness (QED) is 0.478. The van der Waals surface area contributed by atoms with E-state index in [-0.39, 0.29) is 11.8 Å². The number of aryl methyl sites for hydroxylation is 1. The molecule has 29 heavy (non-hydrogen) atoms. The first-order chi connectivity index (χ1) is 13.9.